The Balaban J connectivity index is 1.71. The first kappa shape index (κ1) is 20.0. The van der Waals surface area contributed by atoms with E-state index in [1.807, 2.05) is 6.07 Å². The highest BCUT2D eigenvalue weighted by Gasteiger charge is 2.22. The van der Waals surface area contributed by atoms with Crippen molar-refractivity contribution >= 4 is 11.5 Å². The first-order valence-corrected chi connectivity index (χ1v) is 9.99. The second-order valence-electron chi connectivity index (χ2n) is 7.47. The van der Waals surface area contributed by atoms with Crippen LogP contribution in [0.15, 0.2) is 48.5 Å². The zero-order valence-electron chi connectivity index (χ0n) is 16.6. The molecule has 0 spiro atoms. The molecule has 6 nitrogen and oxygen atoms in total. The van der Waals surface area contributed by atoms with E-state index in [0.717, 1.165) is 31.5 Å². The number of ether oxygens (including phenoxy) is 1. The van der Waals surface area contributed by atoms with E-state index in [1.54, 1.807) is 36.4 Å². The molecule has 7 heteroatoms. The number of halogens is 1. The number of nitrogens with one attached hydrogen (secondary N) is 1. The van der Waals surface area contributed by atoms with Crippen LogP contribution in [0.2, 0.25) is 0 Å². The number of phenols is 1. The minimum atomic E-state index is -0.346. The van der Waals surface area contributed by atoms with Crippen molar-refractivity contribution in [2.75, 3.05) is 24.6 Å². The lowest BCUT2D eigenvalue weighted by Gasteiger charge is -2.25. The number of hydrogen-bond acceptors (Lipinski definition) is 6. The molecule has 0 aliphatic carbocycles. The number of nitrogen functional groups attached to an aromatic ring is 2. The third-order valence-corrected chi connectivity index (χ3v) is 5.46. The highest BCUT2D eigenvalue weighted by atomic mass is 19.1. The number of hydrogen-bond donors (Lipinski definition) is 4. The number of nitrogens with zero attached hydrogens (tertiary/aromatic N) is 1. The zero-order chi connectivity index (χ0) is 21.1. The quantitative estimate of drug-likeness (QED) is 0.512. The lowest BCUT2D eigenvalue weighted by Crippen LogP contribution is -2.29. The molecule has 1 aromatic heterocycles. The molecule has 0 radical (unpaired) electrons. The highest BCUT2D eigenvalue weighted by molar-refractivity contribution is 5.78. The third-order valence-electron chi connectivity index (χ3n) is 5.46. The SMILES string of the molecule is Nc1nc(-c2c(O)cccc2OCc2ccccc2F)cc(C2CCCNC2)c1N. The van der Waals surface area contributed by atoms with Gasteiger partial charge < -0.3 is 26.6 Å². The van der Waals surface area contributed by atoms with Gasteiger partial charge in [0.1, 0.15) is 29.7 Å². The number of anilines is 2. The van der Waals surface area contributed by atoms with Crippen LogP contribution < -0.4 is 21.5 Å². The average molecular weight is 408 g/mol. The Bertz CT molecular complexity index is 1050. The van der Waals surface area contributed by atoms with Crippen LogP contribution in [0.5, 0.6) is 11.5 Å². The molecule has 30 heavy (non-hydrogen) atoms. The molecule has 1 atom stereocenters. The normalized spacial score (nSPS) is 16.4. The minimum Gasteiger partial charge on any atom is -0.507 e. The van der Waals surface area contributed by atoms with E-state index in [4.69, 9.17) is 16.2 Å². The average Bonchev–Trinajstić information content (AvgIpc) is 2.76. The predicted octanol–water partition coefficient (Wildman–Crippen LogP) is 3.80. The summed E-state index contributed by atoms with van der Waals surface area (Å²) in [4.78, 5) is 4.41. The summed E-state index contributed by atoms with van der Waals surface area (Å²) >= 11 is 0. The van der Waals surface area contributed by atoms with Gasteiger partial charge in [-0.05, 0) is 55.1 Å². The number of aromatic nitrogens is 1. The summed E-state index contributed by atoms with van der Waals surface area (Å²) in [5.74, 6) is 0.488. The zero-order valence-corrected chi connectivity index (χ0v) is 16.6. The van der Waals surface area contributed by atoms with Crippen LogP contribution in [0.25, 0.3) is 11.3 Å². The van der Waals surface area contributed by atoms with Crippen molar-refractivity contribution in [3.63, 3.8) is 0 Å². The molecule has 0 saturated carbocycles. The van der Waals surface area contributed by atoms with Crippen LogP contribution in [0.1, 0.15) is 29.9 Å². The topological polar surface area (TPSA) is 106 Å². The van der Waals surface area contributed by atoms with E-state index in [1.165, 1.54) is 6.07 Å². The van der Waals surface area contributed by atoms with Crippen LogP contribution >= 0.6 is 0 Å². The Hall–Kier alpha value is -3.32. The fourth-order valence-corrected chi connectivity index (χ4v) is 3.85. The second kappa shape index (κ2) is 8.59. The summed E-state index contributed by atoms with van der Waals surface area (Å²) < 4.78 is 19.8. The van der Waals surface area contributed by atoms with Gasteiger partial charge in [-0.1, -0.05) is 24.3 Å². The van der Waals surface area contributed by atoms with Gasteiger partial charge in [0.2, 0.25) is 0 Å². The molecule has 0 bridgehead atoms. The van der Waals surface area contributed by atoms with Crippen LogP contribution in [0.3, 0.4) is 0 Å². The van der Waals surface area contributed by atoms with E-state index in [9.17, 15) is 9.50 Å². The Kier molecular flexibility index (Phi) is 5.72. The molecule has 3 aromatic rings. The van der Waals surface area contributed by atoms with Crippen molar-refractivity contribution < 1.29 is 14.2 Å². The maximum Gasteiger partial charge on any atom is 0.147 e. The van der Waals surface area contributed by atoms with E-state index in [2.05, 4.69) is 10.3 Å². The molecule has 6 N–H and O–H groups in total. The van der Waals surface area contributed by atoms with Crippen molar-refractivity contribution in [3.05, 3.63) is 65.5 Å². The van der Waals surface area contributed by atoms with Crippen molar-refractivity contribution in [1.82, 2.24) is 10.3 Å². The monoisotopic (exact) mass is 408 g/mol. The third kappa shape index (κ3) is 4.02. The molecular formula is C23H25FN4O2. The molecule has 0 amide bonds. The second-order valence-corrected chi connectivity index (χ2v) is 7.47. The van der Waals surface area contributed by atoms with Gasteiger partial charge in [0.05, 0.1) is 16.9 Å². The predicted molar refractivity (Wildman–Crippen MR) is 116 cm³/mol. The number of rotatable bonds is 5. The van der Waals surface area contributed by atoms with E-state index in [0.29, 0.717) is 28.3 Å². The van der Waals surface area contributed by atoms with Gasteiger partial charge in [-0.2, -0.15) is 0 Å². The van der Waals surface area contributed by atoms with Gasteiger partial charge >= 0.3 is 0 Å². The largest absolute Gasteiger partial charge is 0.507 e. The molecule has 1 fully saturated rings. The van der Waals surface area contributed by atoms with Crippen LogP contribution in [0.4, 0.5) is 15.9 Å². The first-order valence-electron chi connectivity index (χ1n) is 9.99. The summed E-state index contributed by atoms with van der Waals surface area (Å²) in [5.41, 5.74) is 15.0. The Morgan fingerprint density at radius 1 is 1.17 bits per heavy atom. The molecule has 156 valence electrons. The smallest absolute Gasteiger partial charge is 0.147 e. The van der Waals surface area contributed by atoms with Crippen molar-refractivity contribution in [2.45, 2.75) is 25.4 Å². The fraction of sp³-hybridized carbons (Fsp3) is 0.261. The Labute approximate surface area is 174 Å². The Morgan fingerprint density at radius 3 is 2.77 bits per heavy atom. The van der Waals surface area contributed by atoms with E-state index in [-0.39, 0.29) is 29.9 Å². The summed E-state index contributed by atoms with van der Waals surface area (Å²) in [6, 6.07) is 13.2. The fourth-order valence-electron chi connectivity index (χ4n) is 3.85. The number of benzene rings is 2. The van der Waals surface area contributed by atoms with Gasteiger partial charge in [0, 0.05) is 12.1 Å². The standard InChI is InChI=1S/C23H25FN4O2/c24-17-7-2-1-5-15(17)13-30-20-9-3-8-19(29)21(20)18-11-16(22(25)23(26)28-18)14-6-4-10-27-12-14/h1-3,5,7-9,11,14,27,29H,4,6,10,12-13,25H2,(H2,26,28). The van der Waals surface area contributed by atoms with Crippen molar-refractivity contribution in [1.29, 1.82) is 0 Å². The maximum atomic E-state index is 14.0. The Morgan fingerprint density at radius 2 is 2.00 bits per heavy atom. The van der Waals surface area contributed by atoms with Gasteiger partial charge in [0.25, 0.3) is 0 Å². The maximum absolute atomic E-state index is 14.0. The van der Waals surface area contributed by atoms with E-state index >= 15 is 0 Å². The van der Waals surface area contributed by atoms with Gasteiger partial charge in [-0.15, -0.1) is 0 Å². The lowest BCUT2D eigenvalue weighted by atomic mass is 9.89. The van der Waals surface area contributed by atoms with Crippen molar-refractivity contribution in [3.8, 4) is 22.8 Å². The lowest BCUT2D eigenvalue weighted by molar-refractivity contribution is 0.299. The van der Waals surface area contributed by atoms with Crippen molar-refractivity contribution in [2.24, 2.45) is 0 Å². The van der Waals surface area contributed by atoms with Gasteiger partial charge in [0.15, 0.2) is 0 Å². The summed E-state index contributed by atoms with van der Waals surface area (Å²) in [6.07, 6.45) is 2.05. The first-order chi connectivity index (χ1) is 14.5. The molecule has 1 saturated heterocycles. The number of phenolic OH excluding ortho intramolecular Hbond substituents is 1. The number of piperidine rings is 1. The highest BCUT2D eigenvalue weighted by Crippen LogP contribution is 2.41. The number of nitrogens with two attached hydrogens (primary N) is 2. The molecule has 2 heterocycles. The molecule has 1 aliphatic rings. The van der Waals surface area contributed by atoms with Crippen LogP contribution in [-0.4, -0.2) is 23.2 Å². The van der Waals surface area contributed by atoms with Crippen LogP contribution in [-0.2, 0) is 6.61 Å². The summed E-state index contributed by atoms with van der Waals surface area (Å²) in [7, 11) is 0. The van der Waals surface area contributed by atoms with Crippen LogP contribution in [0, 0.1) is 5.82 Å². The molecule has 2 aromatic carbocycles. The number of aromatic hydroxyl groups is 1. The molecule has 4 rings (SSSR count). The minimum absolute atomic E-state index is 0.00502. The molecular weight excluding hydrogens is 383 g/mol. The summed E-state index contributed by atoms with van der Waals surface area (Å²) in [5, 5.41) is 14.0. The van der Waals surface area contributed by atoms with E-state index < -0.39 is 0 Å². The van der Waals surface area contributed by atoms with Gasteiger partial charge in [-0.25, -0.2) is 9.37 Å². The molecule has 1 unspecified atom stereocenters. The number of pyridine rings is 1. The molecule has 1 aliphatic heterocycles. The summed E-state index contributed by atoms with van der Waals surface area (Å²) in [6.45, 7) is 1.81. The van der Waals surface area contributed by atoms with Gasteiger partial charge in [-0.3, -0.25) is 0 Å².